The summed E-state index contributed by atoms with van der Waals surface area (Å²) in [6.07, 6.45) is 2.03. The van der Waals surface area contributed by atoms with Crippen LogP contribution in [-0.2, 0) is 66.5 Å². The number of nitrogens with one attached hydrogen (secondary N) is 1. The summed E-state index contributed by atoms with van der Waals surface area (Å²) in [4.78, 5) is 45.7. The summed E-state index contributed by atoms with van der Waals surface area (Å²) in [5.74, 6) is -0.842. The molecule has 4 N–H and O–H groups in total. The molecule has 0 saturated heterocycles. The maximum atomic E-state index is 13.2. The molecule has 20 heteroatoms. The van der Waals surface area contributed by atoms with E-state index in [4.69, 9.17) is 67.8 Å². The summed E-state index contributed by atoms with van der Waals surface area (Å²) in [7, 11) is 0. The second kappa shape index (κ2) is 37.0. The van der Waals surface area contributed by atoms with Crippen LogP contribution in [0.5, 0.6) is 0 Å². The third-order valence-corrected chi connectivity index (χ3v) is 7.72. The van der Waals surface area contributed by atoms with Gasteiger partial charge in [-0.15, -0.1) is 0 Å². The number of rotatable bonds is 40. The van der Waals surface area contributed by atoms with Crippen molar-refractivity contribution in [2.24, 2.45) is 10.7 Å². The molecule has 0 saturated carbocycles. The van der Waals surface area contributed by atoms with Gasteiger partial charge in [0.2, 0.25) is 0 Å². The number of ether oxygens (including phenoxy) is 11. The molecule has 1 aliphatic rings. The predicted octanol–water partition coefficient (Wildman–Crippen LogP) is 2.00. The van der Waals surface area contributed by atoms with Crippen LogP contribution in [0, 0.1) is 0 Å². The zero-order valence-electron chi connectivity index (χ0n) is 35.0. The molecule has 20 nitrogen and oxygen atoms in total. The molecule has 1 aromatic rings. The molecule has 2 amide bonds. The van der Waals surface area contributed by atoms with Gasteiger partial charge < -0.3 is 68.3 Å². The fraction of sp³-hybridized carbons (Fsp3) is 0.700. The monoisotopic (exact) mass is 858 g/mol. The summed E-state index contributed by atoms with van der Waals surface area (Å²) in [5.41, 5.74) is 8.04. The number of amidine groups is 1. The molecule has 0 radical (unpaired) electrons. The number of carbonyl (C=O) groups excluding carboxylic acids is 2. The summed E-state index contributed by atoms with van der Waals surface area (Å²) in [6.45, 7) is 10.7. The van der Waals surface area contributed by atoms with Crippen LogP contribution in [0.3, 0.4) is 0 Å². The van der Waals surface area contributed by atoms with Gasteiger partial charge in [0.15, 0.2) is 0 Å². The number of alkyl carbamates (subject to hydrolysis) is 1. The Kier molecular flexibility index (Phi) is 32.3. The van der Waals surface area contributed by atoms with Crippen LogP contribution < -0.4 is 11.1 Å². The largest absolute Gasteiger partial charge is 0.481 e. The maximum absolute atomic E-state index is 13.2. The van der Waals surface area contributed by atoms with Gasteiger partial charge in [-0.3, -0.25) is 14.4 Å². The number of aliphatic imine (C=N–C) groups is 1. The average molecular weight is 859 g/mol. The van der Waals surface area contributed by atoms with Gasteiger partial charge in [-0.25, -0.2) is 14.9 Å². The topological polar surface area (TPSA) is 236 Å². The first-order valence-electron chi connectivity index (χ1n) is 20.4. The lowest BCUT2D eigenvalue weighted by Crippen LogP contribution is -2.37. The van der Waals surface area contributed by atoms with E-state index in [1.54, 1.807) is 6.08 Å². The van der Waals surface area contributed by atoms with Crippen LogP contribution in [-0.4, -0.2) is 192 Å². The lowest BCUT2D eigenvalue weighted by molar-refractivity contribution is -0.181. The first-order valence-corrected chi connectivity index (χ1v) is 20.4. The van der Waals surface area contributed by atoms with Crippen LogP contribution in [0.2, 0.25) is 0 Å². The highest BCUT2D eigenvalue weighted by molar-refractivity contribution is 6.05. The van der Waals surface area contributed by atoms with Crippen molar-refractivity contribution >= 4 is 35.6 Å². The molecule has 60 heavy (non-hydrogen) atoms. The Morgan fingerprint density at radius 3 is 1.53 bits per heavy atom. The van der Waals surface area contributed by atoms with Gasteiger partial charge in [0.05, 0.1) is 151 Å². The molecule has 0 aliphatic carbocycles. The number of carboxylic acid groups (broad SMARTS) is 1. The van der Waals surface area contributed by atoms with E-state index in [0.29, 0.717) is 149 Å². The third-order valence-electron chi connectivity index (χ3n) is 7.72. The number of hydrogen-bond donors (Lipinski definition) is 3. The Labute approximate surface area is 352 Å². The molecule has 0 unspecified atom stereocenters. The van der Waals surface area contributed by atoms with Crippen LogP contribution >= 0.6 is 0 Å². The van der Waals surface area contributed by atoms with E-state index in [9.17, 15) is 14.4 Å². The molecule has 2 rings (SSSR count). The number of carboxylic acids is 1. The van der Waals surface area contributed by atoms with Crippen molar-refractivity contribution in [2.75, 3.05) is 158 Å². The SMILES string of the molecule is CCCN(OCCNC(=O)OCCOCCOCCOCCOCCOCCOCCOCCOCCOCCOCCC(=O)O)C(=O)C1=Cc2ccccc2N=C(N)C1. The number of fused-ring (bicyclic) bond motifs is 1. The number of nitrogens with two attached hydrogens (primary N) is 1. The van der Waals surface area contributed by atoms with Gasteiger partial charge in [-0.1, -0.05) is 25.1 Å². The molecular weight excluding hydrogens is 792 g/mol. The van der Waals surface area contributed by atoms with Gasteiger partial charge in [-0.05, 0) is 18.6 Å². The lowest BCUT2D eigenvalue weighted by atomic mass is 10.1. The predicted molar refractivity (Wildman–Crippen MR) is 218 cm³/mol. The first kappa shape index (κ1) is 52.3. The van der Waals surface area contributed by atoms with Gasteiger partial charge in [0.1, 0.15) is 12.4 Å². The van der Waals surface area contributed by atoms with E-state index in [2.05, 4.69) is 10.3 Å². The molecule has 1 heterocycles. The number of para-hydroxylation sites is 1. The molecule has 0 bridgehead atoms. The molecule has 0 fully saturated rings. The molecule has 0 spiro atoms. The smallest absolute Gasteiger partial charge is 0.407 e. The summed E-state index contributed by atoms with van der Waals surface area (Å²) < 4.78 is 59.2. The minimum absolute atomic E-state index is 0.0135. The van der Waals surface area contributed by atoms with E-state index in [1.165, 1.54) is 5.06 Å². The van der Waals surface area contributed by atoms with Crippen molar-refractivity contribution in [3.05, 3.63) is 35.4 Å². The Morgan fingerprint density at radius 1 is 0.650 bits per heavy atom. The Hall–Kier alpha value is -3.80. The van der Waals surface area contributed by atoms with E-state index in [1.807, 2.05) is 31.2 Å². The normalized spacial score (nSPS) is 12.3. The van der Waals surface area contributed by atoms with Crippen molar-refractivity contribution in [1.82, 2.24) is 10.4 Å². The number of carbonyl (C=O) groups is 3. The minimum Gasteiger partial charge on any atom is -0.481 e. The van der Waals surface area contributed by atoms with Crippen LogP contribution in [0.4, 0.5) is 10.5 Å². The first-order chi connectivity index (χ1) is 29.4. The summed E-state index contributed by atoms with van der Waals surface area (Å²) in [6, 6.07) is 7.46. The minimum atomic E-state index is -0.884. The Morgan fingerprint density at radius 2 is 1.08 bits per heavy atom. The van der Waals surface area contributed by atoms with Crippen molar-refractivity contribution in [2.45, 2.75) is 26.2 Å². The Bertz CT molecular complexity index is 1340. The van der Waals surface area contributed by atoms with E-state index < -0.39 is 12.1 Å². The van der Waals surface area contributed by atoms with Gasteiger partial charge in [-0.2, -0.15) is 0 Å². The molecular formula is C40H66N4O16. The fourth-order valence-corrected chi connectivity index (χ4v) is 4.86. The van der Waals surface area contributed by atoms with Gasteiger partial charge in [0, 0.05) is 30.6 Å². The fourth-order valence-electron chi connectivity index (χ4n) is 4.86. The van der Waals surface area contributed by atoms with Crippen molar-refractivity contribution in [1.29, 1.82) is 0 Å². The molecule has 0 aromatic heterocycles. The zero-order valence-corrected chi connectivity index (χ0v) is 35.0. The number of nitrogens with zero attached hydrogens (tertiary/aromatic N) is 2. The number of hydroxylamine groups is 2. The maximum Gasteiger partial charge on any atom is 0.407 e. The lowest BCUT2D eigenvalue weighted by Gasteiger charge is -2.22. The number of aliphatic carboxylic acids is 1. The van der Waals surface area contributed by atoms with E-state index in [-0.39, 0.29) is 51.7 Å². The zero-order chi connectivity index (χ0) is 43.1. The second-order valence-electron chi connectivity index (χ2n) is 12.6. The Balaban J connectivity index is 1.27. The summed E-state index contributed by atoms with van der Waals surface area (Å²) >= 11 is 0. The highest BCUT2D eigenvalue weighted by Crippen LogP contribution is 2.26. The van der Waals surface area contributed by atoms with E-state index in [0.717, 1.165) is 5.56 Å². The molecule has 1 aliphatic heterocycles. The number of amides is 2. The van der Waals surface area contributed by atoms with Crippen LogP contribution in [0.25, 0.3) is 6.08 Å². The number of hydrogen-bond acceptors (Lipinski definition) is 17. The standard InChI is InChI=1S/C40H66N4O16/c1-2-9-44(39(47)35-32-34-5-3-4-6-36(34)43-37(41)33-35)60-11-8-42-40(48)59-31-30-58-29-28-57-27-26-56-25-24-55-23-22-54-21-20-53-19-18-52-17-16-51-15-14-50-13-12-49-10-7-38(45)46/h3-6,32H,2,7-31,33H2,1H3,(H2,41,43)(H,42,48)(H,45,46). The quantitative estimate of drug-likeness (QED) is 0.0632. The average Bonchev–Trinajstić information content (AvgIpc) is 3.41. The van der Waals surface area contributed by atoms with Gasteiger partial charge in [0.25, 0.3) is 5.91 Å². The molecule has 1 aromatic carbocycles. The van der Waals surface area contributed by atoms with Gasteiger partial charge >= 0.3 is 12.1 Å². The highest BCUT2D eigenvalue weighted by Gasteiger charge is 2.22. The van der Waals surface area contributed by atoms with Crippen LogP contribution in [0.15, 0.2) is 34.8 Å². The number of benzene rings is 1. The van der Waals surface area contributed by atoms with Crippen molar-refractivity contribution < 1.29 is 76.4 Å². The summed E-state index contributed by atoms with van der Waals surface area (Å²) in [5, 5.41) is 12.4. The third kappa shape index (κ3) is 28.6. The second-order valence-corrected chi connectivity index (χ2v) is 12.6. The van der Waals surface area contributed by atoms with Crippen LogP contribution in [0.1, 0.15) is 31.7 Å². The van der Waals surface area contributed by atoms with E-state index >= 15 is 0 Å². The molecule has 342 valence electrons. The van der Waals surface area contributed by atoms with Crippen molar-refractivity contribution in [3.8, 4) is 0 Å². The highest BCUT2D eigenvalue weighted by atomic mass is 16.7. The van der Waals surface area contributed by atoms with Crippen molar-refractivity contribution in [3.63, 3.8) is 0 Å². The molecule has 0 atom stereocenters.